The summed E-state index contributed by atoms with van der Waals surface area (Å²) in [5.41, 5.74) is 1.07. The maximum atomic E-state index is 12.2. The lowest BCUT2D eigenvalue weighted by molar-refractivity contribution is 0.0941. The maximum absolute atomic E-state index is 12.2. The Morgan fingerprint density at radius 2 is 1.21 bits per heavy atom. The van der Waals surface area contributed by atoms with Crippen molar-refractivity contribution in [1.82, 2.24) is 10.6 Å². The van der Waals surface area contributed by atoms with Gasteiger partial charge in [-0.1, -0.05) is 39.8 Å². The standard InChI is InChI=1S/C22H29BN2O4/c1-15(2)13-24-21(26)17-7-5-9-19(11-17)28-23-29-20-10-6-8-18(12-20)22(27)25-14-16(3)4/h5-12,15-16,23H,13-14H2,1-4H3,(H,24,26)(H,25,27). The van der Waals surface area contributed by atoms with Gasteiger partial charge in [-0.05, 0) is 48.2 Å². The number of benzene rings is 2. The van der Waals surface area contributed by atoms with Crippen LogP contribution in [0.5, 0.6) is 11.5 Å². The summed E-state index contributed by atoms with van der Waals surface area (Å²) in [6.45, 7) is 9.41. The molecule has 0 saturated carbocycles. The number of rotatable bonds is 10. The molecule has 0 aliphatic heterocycles. The molecule has 0 aliphatic rings. The van der Waals surface area contributed by atoms with Gasteiger partial charge in [-0.2, -0.15) is 0 Å². The SMILES string of the molecule is CC(C)CNC(=O)c1cccc(OBOc2cccc(C(=O)NCC(C)C)c2)c1. The van der Waals surface area contributed by atoms with Crippen molar-refractivity contribution in [2.24, 2.45) is 11.8 Å². The fraction of sp³-hybridized carbons (Fsp3) is 0.364. The van der Waals surface area contributed by atoms with Crippen LogP contribution in [-0.4, -0.2) is 32.6 Å². The van der Waals surface area contributed by atoms with Crippen LogP contribution in [0.3, 0.4) is 0 Å². The predicted molar refractivity (Wildman–Crippen MR) is 116 cm³/mol. The zero-order valence-corrected chi connectivity index (χ0v) is 17.5. The average molecular weight is 396 g/mol. The number of amides is 2. The van der Waals surface area contributed by atoms with Crippen molar-refractivity contribution < 1.29 is 18.9 Å². The van der Waals surface area contributed by atoms with Gasteiger partial charge in [0.25, 0.3) is 11.8 Å². The summed E-state index contributed by atoms with van der Waals surface area (Å²) in [6.07, 6.45) is 0. The van der Waals surface area contributed by atoms with Crippen molar-refractivity contribution in [2.45, 2.75) is 27.7 Å². The Morgan fingerprint density at radius 3 is 1.59 bits per heavy atom. The average Bonchev–Trinajstić information content (AvgIpc) is 2.70. The lowest BCUT2D eigenvalue weighted by Crippen LogP contribution is -2.27. The second-order valence-electron chi connectivity index (χ2n) is 7.67. The molecule has 2 aromatic carbocycles. The third kappa shape index (κ3) is 7.89. The molecule has 0 radical (unpaired) electrons. The molecule has 0 atom stereocenters. The highest BCUT2D eigenvalue weighted by molar-refractivity contribution is 6.20. The van der Waals surface area contributed by atoms with Crippen molar-refractivity contribution in [3.05, 3.63) is 59.7 Å². The highest BCUT2D eigenvalue weighted by atomic mass is 16.6. The normalized spacial score (nSPS) is 10.6. The van der Waals surface area contributed by atoms with Gasteiger partial charge in [0.2, 0.25) is 0 Å². The highest BCUT2D eigenvalue weighted by Gasteiger charge is 2.10. The minimum Gasteiger partial charge on any atom is -0.529 e. The Labute approximate surface area is 173 Å². The van der Waals surface area contributed by atoms with E-state index in [0.717, 1.165) is 0 Å². The van der Waals surface area contributed by atoms with Gasteiger partial charge in [0.1, 0.15) is 11.5 Å². The quantitative estimate of drug-likeness (QED) is 0.605. The molecule has 2 N–H and O–H groups in total. The summed E-state index contributed by atoms with van der Waals surface area (Å²) < 4.78 is 11.2. The first-order valence-electron chi connectivity index (χ1n) is 9.87. The Kier molecular flexibility index (Phi) is 8.58. The monoisotopic (exact) mass is 396 g/mol. The molecule has 2 rings (SSSR count). The molecular weight excluding hydrogens is 367 g/mol. The van der Waals surface area contributed by atoms with Crippen LogP contribution < -0.4 is 19.9 Å². The molecule has 29 heavy (non-hydrogen) atoms. The van der Waals surface area contributed by atoms with Crippen molar-refractivity contribution in [3.8, 4) is 11.5 Å². The van der Waals surface area contributed by atoms with Crippen LogP contribution in [-0.2, 0) is 0 Å². The van der Waals surface area contributed by atoms with E-state index in [2.05, 4.69) is 10.6 Å². The van der Waals surface area contributed by atoms with Crippen LogP contribution in [0.1, 0.15) is 48.4 Å². The van der Waals surface area contributed by atoms with E-state index in [1.807, 2.05) is 27.7 Å². The number of hydrogen-bond donors (Lipinski definition) is 2. The molecule has 0 aromatic heterocycles. The highest BCUT2D eigenvalue weighted by Crippen LogP contribution is 2.16. The molecule has 0 aliphatic carbocycles. The molecule has 0 saturated heterocycles. The molecule has 0 spiro atoms. The Hall–Kier alpha value is -2.96. The van der Waals surface area contributed by atoms with Gasteiger partial charge in [-0.15, -0.1) is 0 Å². The predicted octanol–water partition coefficient (Wildman–Crippen LogP) is 3.18. The molecule has 0 unspecified atom stereocenters. The second kappa shape index (κ2) is 11.1. The Balaban J connectivity index is 1.88. The molecule has 0 bridgehead atoms. The van der Waals surface area contributed by atoms with Crippen molar-refractivity contribution in [2.75, 3.05) is 13.1 Å². The van der Waals surface area contributed by atoms with Crippen LogP contribution in [0, 0.1) is 11.8 Å². The molecule has 7 heteroatoms. The number of carbonyl (C=O) groups excluding carboxylic acids is 2. The molecular formula is C22H29BN2O4. The minimum atomic E-state index is -0.134. The Bertz CT molecular complexity index is 756. The van der Waals surface area contributed by atoms with Crippen LogP contribution in [0.25, 0.3) is 0 Å². The minimum absolute atomic E-state index is 0.0336. The first kappa shape index (κ1) is 22.3. The van der Waals surface area contributed by atoms with Gasteiger partial charge in [0.05, 0.1) is 0 Å². The summed E-state index contributed by atoms with van der Waals surface area (Å²) in [5, 5.41) is 5.76. The molecule has 2 aromatic rings. The van der Waals surface area contributed by atoms with Gasteiger partial charge >= 0.3 is 7.69 Å². The first-order valence-corrected chi connectivity index (χ1v) is 9.87. The largest absolute Gasteiger partial charge is 0.576 e. The zero-order valence-electron chi connectivity index (χ0n) is 17.5. The van der Waals surface area contributed by atoms with Gasteiger partial charge in [-0.25, -0.2) is 0 Å². The summed E-state index contributed by atoms with van der Waals surface area (Å²) in [7, 11) is -0.0336. The molecule has 0 heterocycles. The fourth-order valence-electron chi connectivity index (χ4n) is 2.42. The van der Waals surface area contributed by atoms with Crippen LogP contribution in [0.2, 0.25) is 0 Å². The zero-order chi connectivity index (χ0) is 21.2. The summed E-state index contributed by atoms with van der Waals surface area (Å²) in [6, 6.07) is 13.9. The van der Waals surface area contributed by atoms with Gasteiger partial charge in [-0.3, -0.25) is 9.59 Å². The maximum Gasteiger partial charge on any atom is 0.576 e. The van der Waals surface area contributed by atoms with Crippen LogP contribution in [0.4, 0.5) is 0 Å². The van der Waals surface area contributed by atoms with Crippen molar-refractivity contribution in [3.63, 3.8) is 0 Å². The smallest absolute Gasteiger partial charge is 0.529 e. The summed E-state index contributed by atoms with van der Waals surface area (Å²) in [5.74, 6) is 1.57. The van der Waals surface area contributed by atoms with Gasteiger partial charge in [0, 0.05) is 24.2 Å². The van der Waals surface area contributed by atoms with Gasteiger partial charge in [0.15, 0.2) is 0 Å². The topological polar surface area (TPSA) is 76.7 Å². The lowest BCUT2D eigenvalue weighted by Gasteiger charge is -2.11. The molecule has 154 valence electrons. The van der Waals surface area contributed by atoms with Crippen LogP contribution >= 0.6 is 0 Å². The third-order valence-corrected chi connectivity index (χ3v) is 3.99. The second-order valence-corrected chi connectivity index (χ2v) is 7.67. The van der Waals surface area contributed by atoms with E-state index in [1.54, 1.807) is 48.5 Å². The van der Waals surface area contributed by atoms with Gasteiger partial charge < -0.3 is 19.9 Å². The summed E-state index contributed by atoms with van der Waals surface area (Å²) >= 11 is 0. The van der Waals surface area contributed by atoms with E-state index in [4.69, 9.17) is 9.31 Å². The molecule has 2 amide bonds. The lowest BCUT2D eigenvalue weighted by atomic mass is 10.1. The fourth-order valence-corrected chi connectivity index (χ4v) is 2.42. The van der Waals surface area contributed by atoms with E-state index >= 15 is 0 Å². The first-order chi connectivity index (χ1) is 13.8. The van der Waals surface area contributed by atoms with Crippen molar-refractivity contribution in [1.29, 1.82) is 0 Å². The van der Waals surface area contributed by atoms with Crippen LogP contribution in [0.15, 0.2) is 48.5 Å². The Morgan fingerprint density at radius 1 is 0.793 bits per heavy atom. The summed E-state index contributed by atoms with van der Waals surface area (Å²) in [4.78, 5) is 24.3. The van der Waals surface area contributed by atoms with Crippen molar-refractivity contribution >= 4 is 19.5 Å². The molecule has 0 fully saturated rings. The van der Waals surface area contributed by atoms with E-state index in [-0.39, 0.29) is 19.5 Å². The number of hydrogen-bond acceptors (Lipinski definition) is 4. The van der Waals surface area contributed by atoms with E-state index in [1.165, 1.54) is 0 Å². The third-order valence-electron chi connectivity index (χ3n) is 3.99. The van der Waals surface area contributed by atoms with E-state index in [0.29, 0.717) is 47.6 Å². The number of nitrogens with one attached hydrogen (secondary N) is 2. The number of carbonyl (C=O) groups is 2. The van der Waals surface area contributed by atoms with E-state index < -0.39 is 0 Å². The molecule has 6 nitrogen and oxygen atoms in total. The van der Waals surface area contributed by atoms with E-state index in [9.17, 15) is 9.59 Å².